The van der Waals surface area contributed by atoms with Crippen LogP contribution in [0.5, 0.6) is 0 Å². The van der Waals surface area contributed by atoms with Crippen LogP contribution >= 0.6 is 15.2 Å². The summed E-state index contributed by atoms with van der Waals surface area (Å²) in [5.74, 6) is 0. The van der Waals surface area contributed by atoms with Gasteiger partial charge in [-0.3, -0.25) is 9.13 Å². The number of hydrogen-bond acceptors (Lipinski definition) is 2. The van der Waals surface area contributed by atoms with Crippen molar-refractivity contribution in [2.75, 3.05) is 0 Å². The van der Waals surface area contributed by atoms with Gasteiger partial charge in [0, 0.05) is 0 Å². The second kappa shape index (κ2) is 6.72. The molecule has 12 heavy (non-hydrogen) atoms. The molecule has 0 aromatic heterocycles. The van der Waals surface area contributed by atoms with Gasteiger partial charge in [0.15, 0.2) is 5.40 Å². The SMILES string of the molecule is CC(P(=O)(O)O)P(=O)(O)O.[H-].[H-].[Na+].[Na+]. The Morgan fingerprint density at radius 1 is 1.00 bits per heavy atom. The van der Waals surface area contributed by atoms with Gasteiger partial charge in [0.05, 0.1) is 0 Å². The molecule has 0 spiro atoms. The van der Waals surface area contributed by atoms with E-state index in [1.807, 2.05) is 0 Å². The van der Waals surface area contributed by atoms with Gasteiger partial charge in [-0.15, -0.1) is 0 Å². The van der Waals surface area contributed by atoms with E-state index in [0.29, 0.717) is 0 Å². The molecule has 6 nitrogen and oxygen atoms in total. The normalized spacial score (nSPS) is 11.8. The van der Waals surface area contributed by atoms with E-state index in [1.54, 1.807) is 0 Å². The van der Waals surface area contributed by atoms with E-state index in [9.17, 15) is 9.13 Å². The van der Waals surface area contributed by atoms with Gasteiger partial charge in [0.2, 0.25) is 0 Å². The average molecular weight is 238 g/mol. The zero-order valence-electron chi connectivity index (χ0n) is 9.08. The van der Waals surface area contributed by atoms with Crippen molar-refractivity contribution >= 4 is 15.2 Å². The molecule has 0 unspecified atom stereocenters. The van der Waals surface area contributed by atoms with Crippen LogP contribution in [0.1, 0.15) is 9.78 Å². The minimum atomic E-state index is -4.64. The predicted molar refractivity (Wildman–Crippen MR) is 35.8 cm³/mol. The van der Waals surface area contributed by atoms with Gasteiger partial charge < -0.3 is 22.4 Å². The fourth-order valence-corrected chi connectivity index (χ4v) is 1.76. The maximum absolute atomic E-state index is 10.2. The summed E-state index contributed by atoms with van der Waals surface area (Å²) in [5.41, 5.74) is 0. The Labute approximate surface area is 117 Å². The average Bonchev–Trinajstić information content (AvgIpc) is 1.59. The van der Waals surface area contributed by atoms with Crippen LogP contribution in [0.15, 0.2) is 0 Å². The third-order valence-corrected chi connectivity index (χ3v) is 4.73. The minimum Gasteiger partial charge on any atom is -1.00 e. The topological polar surface area (TPSA) is 115 Å². The van der Waals surface area contributed by atoms with Gasteiger partial charge in [0.1, 0.15) is 0 Å². The first-order valence-electron chi connectivity index (χ1n) is 2.26. The van der Waals surface area contributed by atoms with E-state index in [4.69, 9.17) is 19.6 Å². The minimum absolute atomic E-state index is 0. The van der Waals surface area contributed by atoms with Crippen LogP contribution in [-0.4, -0.2) is 25.0 Å². The fraction of sp³-hybridized carbons (Fsp3) is 1.00. The third kappa shape index (κ3) is 7.68. The Bertz CT molecular complexity index is 192. The molecule has 0 amide bonds. The van der Waals surface area contributed by atoms with Gasteiger partial charge >= 0.3 is 74.3 Å². The van der Waals surface area contributed by atoms with Crippen molar-refractivity contribution in [3.63, 3.8) is 0 Å². The van der Waals surface area contributed by atoms with Gasteiger partial charge in [0.25, 0.3) is 0 Å². The van der Waals surface area contributed by atoms with Crippen LogP contribution in [0.3, 0.4) is 0 Å². The van der Waals surface area contributed by atoms with Gasteiger partial charge in [-0.05, 0) is 6.92 Å². The van der Waals surface area contributed by atoms with E-state index in [1.165, 1.54) is 0 Å². The van der Waals surface area contributed by atoms with Gasteiger partial charge in [-0.2, -0.15) is 0 Å². The first-order chi connectivity index (χ1) is 4.15. The van der Waals surface area contributed by atoms with Crippen molar-refractivity contribution in [2.24, 2.45) is 0 Å². The summed E-state index contributed by atoms with van der Waals surface area (Å²) in [6, 6.07) is 0. The first-order valence-corrected chi connectivity index (χ1v) is 5.62. The molecule has 0 aromatic rings. The number of hydrogen-bond donors (Lipinski definition) is 4. The zero-order valence-corrected chi connectivity index (χ0v) is 12.9. The van der Waals surface area contributed by atoms with Crippen LogP contribution in [0.2, 0.25) is 0 Å². The second-order valence-electron chi connectivity index (χ2n) is 1.81. The number of rotatable bonds is 2. The Balaban J connectivity index is -0.0000000675. The molecule has 0 saturated heterocycles. The third-order valence-electron chi connectivity index (χ3n) is 0.974. The molecule has 4 N–H and O–H groups in total. The molecule has 0 aliphatic rings. The molecule has 0 aliphatic carbocycles. The molecule has 66 valence electrons. The summed E-state index contributed by atoms with van der Waals surface area (Å²) in [7, 11) is -9.28. The molecule has 0 aromatic carbocycles. The summed E-state index contributed by atoms with van der Waals surface area (Å²) in [6.07, 6.45) is 0. The van der Waals surface area contributed by atoms with Crippen LogP contribution in [-0.2, 0) is 9.13 Å². The summed E-state index contributed by atoms with van der Waals surface area (Å²) < 4.78 is 20.4. The molecule has 0 fully saturated rings. The predicted octanol–water partition coefficient (Wildman–Crippen LogP) is -6.08. The standard InChI is InChI=1S/C2H8O6P2.2Na.2H/c1-2(9(3,4)5)10(6,7)8;;;;/h2H,1H3,(H2,3,4,5)(H2,6,7,8);;;;/q;2*+1;2*-1. The Morgan fingerprint density at radius 3 is 1.17 bits per heavy atom. The van der Waals surface area contributed by atoms with Crippen LogP contribution in [0, 0.1) is 0 Å². The summed E-state index contributed by atoms with van der Waals surface area (Å²) >= 11 is 0. The Morgan fingerprint density at radius 2 is 1.17 bits per heavy atom. The molecule has 0 saturated carbocycles. The van der Waals surface area contributed by atoms with Crippen molar-refractivity contribution in [3.05, 3.63) is 0 Å². The monoisotopic (exact) mass is 238 g/mol. The van der Waals surface area contributed by atoms with Crippen LogP contribution in [0.25, 0.3) is 0 Å². The molecular formula is C2H10Na2O6P2. The molecule has 10 heteroatoms. The smallest absolute Gasteiger partial charge is 1.00 e. The first kappa shape index (κ1) is 19.8. The second-order valence-corrected chi connectivity index (χ2v) is 6.12. The maximum atomic E-state index is 10.2. The van der Waals surface area contributed by atoms with Gasteiger partial charge in [-0.25, -0.2) is 0 Å². The molecular weight excluding hydrogens is 228 g/mol. The van der Waals surface area contributed by atoms with E-state index < -0.39 is 20.6 Å². The quantitative estimate of drug-likeness (QED) is 0.281. The largest absolute Gasteiger partial charge is 1.00 e. The fourth-order valence-electron chi connectivity index (χ4n) is 0.196. The van der Waals surface area contributed by atoms with E-state index in [-0.39, 0.29) is 62.0 Å². The zero-order chi connectivity index (χ0) is 8.58. The van der Waals surface area contributed by atoms with E-state index in [2.05, 4.69) is 0 Å². The summed E-state index contributed by atoms with van der Waals surface area (Å²) in [6.45, 7) is 0.807. The van der Waals surface area contributed by atoms with Crippen molar-refractivity contribution in [1.82, 2.24) is 0 Å². The van der Waals surface area contributed by atoms with Crippen molar-refractivity contribution in [1.29, 1.82) is 0 Å². The van der Waals surface area contributed by atoms with Gasteiger partial charge in [-0.1, -0.05) is 0 Å². The molecule has 0 aliphatic heterocycles. The van der Waals surface area contributed by atoms with Crippen LogP contribution in [0.4, 0.5) is 0 Å². The summed E-state index contributed by atoms with van der Waals surface area (Å²) in [5, 5.41) is -1.90. The van der Waals surface area contributed by atoms with Crippen molar-refractivity contribution in [2.45, 2.75) is 12.3 Å². The Hall–Kier alpha value is 2.30. The Kier molecular flexibility index (Phi) is 11.1. The molecule has 0 rings (SSSR count). The van der Waals surface area contributed by atoms with Crippen LogP contribution < -0.4 is 59.1 Å². The molecule has 0 radical (unpaired) electrons. The maximum Gasteiger partial charge on any atom is 1.00 e. The van der Waals surface area contributed by atoms with Crippen molar-refractivity contribution in [3.8, 4) is 0 Å². The van der Waals surface area contributed by atoms with E-state index >= 15 is 0 Å². The van der Waals surface area contributed by atoms with E-state index in [0.717, 1.165) is 6.92 Å². The molecule has 0 heterocycles. The van der Waals surface area contributed by atoms with Crippen molar-refractivity contribution < 1.29 is 90.7 Å². The summed E-state index contributed by atoms with van der Waals surface area (Å²) in [4.78, 5) is 33.0. The molecule has 0 bridgehead atoms. The molecule has 0 atom stereocenters.